The van der Waals surface area contributed by atoms with Crippen LogP contribution in [-0.2, 0) is 0 Å². The highest BCUT2D eigenvalue weighted by molar-refractivity contribution is 5.94. The van der Waals surface area contributed by atoms with Crippen molar-refractivity contribution in [2.75, 3.05) is 13.6 Å². The topological polar surface area (TPSA) is 90.7 Å². The Balaban J connectivity index is 2.95. The van der Waals surface area contributed by atoms with Crippen molar-refractivity contribution in [1.82, 2.24) is 9.88 Å². The van der Waals surface area contributed by atoms with E-state index >= 15 is 0 Å². The number of carboxylic acids is 1. The Morgan fingerprint density at radius 1 is 1.37 bits per heavy atom. The van der Waals surface area contributed by atoms with E-state index in [0.717, 1.165) is 0 Å². The van der Waals surface area contributed by atoms with E-state index in [1.165, 1.54) is 24.0 Å². The average molecular weight is 266 g/mol. The van der Waals surface area contributed by atoms with Crippen LogP contribution in [0.1, 0.15) is 40.4 Å². The number of pyridine rings is 1. The van der Waals surface area contributed by atoms with E-state index in [1.54, 1.807) is 20.9 Å². The number of carbonyl (C=O) groups excluding carboxylic acids is 1. The molecule has 0 saturated heterocycles. The summed E-state index contributed by atoms with van der Waals surface area (Å²) in [6.45, 7) is 4.90. The number of nitrogens with zero attached hydrogens (tertiary/aromatic N) is 2. The second-order valence-electron chi connectivity index (χ2n) is 5.11. The number of hydrogen-bond acceptors (Lipinski definition) is 4. The fraction of sp³-hybridized carbons (Fsp3) is 0.462. The molecule has 1 amide bonds. The molecular formula is C13H18N2O4. The Labute approximate surface area is 111 Å². The largest absolute Gasteiger partial charge is 0.478 e. The third-order valence-corrected chi connectivity index (χ3v) is 2.51. The molecule has 6 heteroatoms. The molecule has 19 heavy (non-hydrogen) atoms. The average Bonchev–Trinajstić information content (AvgIpc) is 2.24. The number of aromatic nitrogens is 1. The lowest BCUT2D eigenvalue weighted by Gasteiger charge is -2.25. The number of carbonyl (C=O) groups is 2. The first-order valence-electron chi connectivity index (χ1n) is 5.80. The molecule has 0 aliphatic carbocycles. The van der Waals surface area contributed by atoms with Crippen LogP contribution in [0.3, 0.4) is 0 Å². The first-order chi connectivity index (χ1) is 8.61. The molecule has 6 nitrogen and oxygen atoms in total. The summed E-state index contributed by atoms with van der Waals surface area (Å²) in [5, 5.41) is 18.6. The molecule has 0 aliphatic heterocycles. The minimum Gasteiger partial charge on any atom is -0.478 e. The van der Waals surface area contributed by atoms with E-state index in [1.807, 2.05) is 0 Å². The number of aryl methyl sites for hydroxylation is 1. The highest BCUT2D eigenvalue weighted by Crippen LogP contribution is 2.10. The van der Waals surface area contributed by atoms with Crippen molar-refractivity contribution in [2.45, 2.75) is 26.4 Å². The molecule has 0 fully saturated rings. The lowest BCUT2D eigenvalue weighted by molar-refractivity contribution is 0.0364. The van der Waals surface area contributed by atoms with Gasteiger partial charge in [0.15, 0.2) is 0 Å². The van der Waals surface area contributed by atoms with Gasteiger partial charge in [-0.1, -0.05) is 0 Å². The fourth-order valence-corrected chi connectivity index (χ4v) is 1.75. The standard InChI is InChI=1S/C13H18N2O4/c1-8-9(12(17)18)5-6-10(14-8)11(16)15(4)7-13(2,3)19/h5-6,19H,7H2,1-4H3,(H,17,18). The maximum atomic E-state index is 12.1. The predicted molar refractivity (Wildman–Crippen MR) is 69.2 cm³/mol. The van der Waals surface area contributed by atoms with Gasteiger partial charge in [-0.25, -0.2) is 9.78 Å². The van der Waals surface area contributed by atoms with Crippen LogP contribution in [0.2, 0.25) is 0 Å². The zero-order valence-corrected chi connectivity index (χ0v) is 11.5. The summed E-state index contributed by atoms with van der Waals surface area (Å²) in [5.41, 5.74) is -0.480. The van der Waals surface area contributed by atoms with Gasteiger partial charge in [-0.2, -0.15) is 0 Å². The second-order valence-corrected chi connectivity index (χ2v) is 5.11. The van der Waals surface area contributed by atoms with Crippen molar-refractivity contribution in [1.29, 1.82) is 0 Å². The molecule has 1 heterocycles. The number of amides is 1. The third kappa shape index (κ3) is 4.03. The van der Waals surface area contributed by atoms with Gasteiger partial charge < -0.3 is 15.1 Å². The summed E-state index contributed by atoms with van der Waals surface area (Å²) < 4.78 is 0. The van der Waals surface area contributed by atoms with Crippen molar-refractivity contribution >= 4 is 11.9 Å². The van der Waals surface area contributed by atoms with Crippen LogP contribution >= 0.6 is 0 Å². The Hall–Kier alpha value is -1.95. The van der Waals surface area contributed by atoms with E-state index in [0.29, 0.717) is 0 Å². The van der Waals surface area contributed by atoms with Gasteiger partial charge in [0.25, 0.3) is 5.91 Å². The van der Waals surface area contributed by atoms with Crippen molar-refractivity contribution in [3.63, 3.8) is 0 Å². The summed E-state index contributed by atoms with van der Waals surface area (Å²) >= 11 is 0. The zero-order valence-electron chi connectivity index (χ0n) is 11.5. The van der Waals surface area contributed by atoms with Crippen LogP contribution in [0.25, 0.3) is 0 Å². The molecule has 0 spiro atoms. The highest BCUT2D eigenvalue weighted by atomic mass is 16.4. The lowest BCUT2D eigenvalue weighted by Crippen LogP contribution is -2.40. The van der Waals surface area contributed by atoms with Crippen molar-refractivity contribution in [2.24, 2.45) is 0 Å². The van der Waals surface area contributed by atoms with E-state index < -0.39 is 11.6 Å². The minimum atomic E-state index is -1.08. The van der Waals surface area contributed by atoms with Gasteiger partial charge in [0.05, 0.1) is 16.9 Å². The summed E-state index contributed by atoms with van der Waals surface area (Å²) in [6, 6.07) is 2.73. The monoisotopic (exact) mass is 266 g/mol. The maximum absolute atomic E-state index is 12.1. The number of aliphatic hydroxyl groups is 1. The first kappa shape index (κ1) is 15.1. The van der Waals surface area contributed by atoms with Crippen LogP contribution in [0, 0.1) is 6.92 Å². The van der Waals surface area contributed by atoms with Gasteiger partial charge in [0.1, 0.15) is 5.69 Å². The number of hydrogen-bond donors (Lipinski definition) is 2. The Bertz CT molecular complexity index is 506. The van der Waals surface area contributed by atoms with Gasteiger partial charge in [-0.05, 0) is 32.9 Å². The molecule has 0 radical (unpaired) electrons. The highest BCUT2D eigenvalue weighted by Gasteiger charge is 2.22. The van der Waals surface area contributed by atoms with Crippen molar-refractivity contribution < 1.29 is 19.8 Å². The van der Waals surface area contributed by atoms with E-state index in [2.05, 4.69) is 4.98 Å². The Kier molecular flexibility index (Phi) is 4.26. The van der Waals surface area contributed by atoms with Crippen LogP contribution in [-0.4, -0.2) is 51.2 Å². The van der Waals surface area contributed by atoms with Crippen molar-refractivity contribution in [3.8, 4) is 0 Å². The van der Waals surface area contributed by atoms with Gasteiger partial charge >= 0.3 is 5.97 Å². The molecule has 1 aromatic heterocycles. The van der Waals surface area contributed by atoms with E-state index in [4.69, 9.17) is 5.11 Å². The SMILES string of the molecule is Cc1nc(C(=O)N(C)CC(C)(C)O)ccc1C(=O)O. The summed E-state index contributed by atoms with van der Waals surface area (Å²) in [5.74, 6) is -1.43. The van der Waals surface area contributed by atoms with E-state index in [-0.39, 0.29) is 29.4 Å². The van der Waals surface area contributed by atoms with E-state index in [9.17, 15) is 14.7 Å². The molecule has 0 atom stereocenters. The van der Waals surface area contributed by atoms with Gasteiger partial charge in [-0.3, -0.25) is 4.79 Å². The number of carboxylic acid groups (broad SMARTS) is 1. The maximum Gasteiger partial charge on any atom is 0.337 e. The smallest absolute Gasteiger partial charge is 0.337 e. The number of likely N-dealkylation sites (N-methyl/N-ethyl adjacent to an activating group) is 1. The van der Waals surface area contributed by atoms with Crippen molar-refractivity contribution in [3.05, 3.63) is 29.1 Å². The quantitative estimate of drug-likeness (QED) is 0.846. The molecule has 104 valence electrons. The molecule has 0 aliphatic rings. The number of aromatic carboxylic acids is 1. The normalized spacial score (nSPS) is 11.2. The third-order valence-electron chi connectivity index (χ3n) is 2.51. The summed E-state index contributed by atoms with van der Waals surface area (Å²) in [6.07, 6.45) is 0. The molecule has 2 N–H and O–H groups in total. The first-order valence-corrected chi connectivity index (χ1v) is 5.80. The predicted octanol–water partition coefficient (Wildman–Crippen LogP) is 0.931. The second kappa shape index (κ2) is 5.36. The van der Waals surface area contributed by atoms with Crippen LogP contribution in [0.4, 0.5) is 0 Å². The van der Waals surface area contributed by atoms with Crippen LogP contribution in [0.5, 0.6) is 0 Å². The van der Waals surface area contributed by atoms with Crippen LogP contribution in [0.15, 0.2) is 12.1 Å². The van der Waals surface area contributed by atoms with Gasteiger partial charge in [0.2, 0.25) is 0 Å². The molecule has 0 unspecified atom stereocenters. The van der Waals surface area contributed by atoms with Gasteiger partial charge in [0, 0.05) is 13.6 Å². The summed E-state index contributed by atoms with van der Waals surface area (Å²) in [7, 11) is 1.56. The molecule has 0 bridgehead atoms. The fourth-order valence-electron chi connectivity index (χ4n) is 1.75. The molecular weight excluding hydrogens is 248 g/mol. The lowest BCUT2D eigenvalue weighted by atomic mass is 10.1. The zero-order chi connectivity index (χ0) is 14.8. The molecule has 1 aromatic rings. The Morgan fingerprint density at radius 3 is 2.37 bits per heavy atom. The number of rotatable bonds is 4. The summed E-state index contributed by atoms with van der Waals surface area (Å²) in [4.78, 5) is 28.3. The van der Waals surface area contributed by atoms with Crippen LogP contribution < -0.4 is 0 Å². The van der Waals surface area contributed by atoms with Gasteiger partial charge in [-0.15, -0.1) is 0 Å². The molecule has 1 rings (SSSR count). The Morgan fingerprint density at radius 2 is 1.95 bits per heavy atom. The minimum absolute atomic E-state index is 0.0710. The molecule has 0 saturated carbocycles. The molecule has 0 aromatic carbocycles.